The van der Waals surface area contributed by atoms with Gasteiger partial charge in [0, 0.05) is 23.0 Å². The zero-order valence-electron chi connectivity index (χ0n) is 17.9. The molecule has 0 aliphatic rings. The van der Waals surface area contributed by atoms with E-state index in [2.05, 4.69) is 5.16 Å². The van der Waals surface area contributed by atoms with Gasteiger partial charge >= 0.3 is 5.97 Å². The molecule has 30 heavy (non-hydrogen) atoms. The first-order chi connectivity index (χ1) is 14.3. The monoisotopic (exact) mass is 410 g/mol. The molecule has 3 aromatic rings. The normalized spacial score (nSPS) is 10.8. The molecule has 2 heterocycles. The molecule has 2 aromatic heterocycles. The number of benzene rings is 1. The molecule has 7 nitrogen and oxygen atoms in total. The van der Waals surface area contributed by atoms with Gasteiger partial charge in [-0.05, 0) is 57.9 Å². The van der Waals surface area contributed by atoms with Crippen molar-refractivity contribution in [1.82, 2.24) is 9.72 Å². The number of nitrogens with zero attached hydrogens (tertiary/aromatic N) is 2. The molecule has 0 N–H and O–H groups in total. The molecule has 0 unspecified atom stereocenters. The molecule has 158 valence electrons. The summed E-state index contributed by atoms with van der Waals surface area (Å²) in [6, 6.07) is 9.46. The topological polar surface area (TPSA) is 83.6 Å². The highest BCUT2D eigenvalue weighted by molar-refractivity contribution is 5.99. The molecule has 0 atom stereocenters. The van der Waals surface area contributed by atoms with Gasteiger partial charge in [-0.1, -0.05) is 17.3 Å². The summed E-state index contributed by atoms with van der Waals surface area (Å²) >= 11 is 0. The molecule has 0 radical (unpaired) electrons. The van der Waals surface area contributed by atoms with E-state index in [-0.39, 0.29) is 25.4 Å². The van der Waals surface area contributed by atoms with Crippen LogP contribution in [0, 0.1) is 34.6 Å². The molecule has 1 aromatic carbocycles. The Morgan fingerprint density at radius 2 is 1.83 bits per heavy atom. The first-order valence-electron chi connectivity index (χ1n) is 9.77. The van der Waals surface area contributed by atoms with Crippen LogP contribution < -0.4 is 4.74 Å². The lowest BCUT2D eigenvalue weighted by Crippen LogP contribution is -2.16. The molecule has 7 heteroatoms. The summed E-state index contributed by atoms with van der Waals surface area (Å²) in [5.41, 5.74) is 4.15. The molecular formula is C23H26N2O5. The molecule has 3 rings (SSSR count). The maximum absolute atomic E-state index is 12.6. The van der Waals surface area contributed by atoms with Gasteiger partial charge in [0.15, 0.2) is 12.4 Å². The first-order valence-corrected chi connectivity index (χ1v) is 9.77. The molecule has 0 fully saturated rings. The molecule has 0 saturated heterocycles. The maximum atomic E-state index is 12.6. The van der Waals surface area contributed by atoms with Gasteiger partial charge in [-0.3, -0.25) is 14.2 Å². The maximum Gasteiger partial charge on any atom is 0.309 e. The Labute approximate surface area is 175 Å². The van der Waals surface area contributed by atoms with Crippen LogP contribution >= 0.6 is 0 Å². The minimum absolute atomic E-state index is 0.0674. The highest BCUT2D eigenvalue weighted by Gasteiger charge is 2.19. The van der Waals surface area contributed by atoms with Gasteiger partial charge in [0.05, 0.1) is 13.0 Å². The SMILES string of the molecule is Cc1ccc(C)c(OCCC(=O)OCC(=O)c2cc(C)n(-c3cc(C)on3)c2C)c1. The summed E-state index contributed by atoms with van der Waals surface area (Å²) in [6.45, 7) is 9.31. The van der Waals surface area contributed by atoms with Crippen molar-refractivity contribution >= 4 is 11.8 Å². The fraction of sp³-hybridized carbons (Fsp3) is 0.348. The van der Waals surface area contributed by atoms with Crippen LogP contribution in [0.4, 0.5) is 0 Å². The fourth-order valence-electron chi connectivity index (χ4n) is 3.26. The Bertz CT molecular complexity index is 1080. The molecule has 0 bridgehead atoms. The molecular weight excluding hydrogens is 384 g/mol. The lowest BCUT2D eigenvalue weighted by Gasteiger charge is -2.10. The number of carbonyl (C=O) groups is 2. The Hall–Kier alpha value is -3.35. The number of hydrogen-bond donors (Lipinski definition) is 0. The van der Waals surface area contributed by atoms with Crippen LogP contribution in [0.1, 0.15) is 45.1 Å². The minimum Gasteiger partial charge on any atom is -0.493 e. The van der Waals surface area contributed by atoms with Gasteiger partial charge in [-0.15, -0.1) is 0 Å². The van der Waals surface area contributed by atoms with E-state index in [1.54, 1.807) is 19.1 Å². The van der Waals surface area contributed by atoms with Crippen LogP contribution in [0.25, 0.3) is 5.82 Å². The second-order valence-electron chi connectivity index (χ2n) is 7.37. The predicted octanol–water partition coefficient (Wildman–Crippen LogP) is 4.20. The van der Waals surface area contributed by atoms with Gasteiger partial charge in [-0.25, -0.2) is 0 Å². The van der Waals surface area contributed by atoms with Crippen molar-refractivity contribution in [1.29, 1.82) is 0 Å². The Morgan fingerprint density at radius 3 is 2.53 bits per heavy atom. The molecule has 0 aliphatic carbocycles. The molecule has 0 spiro atoms. The second-order valence-corrected chi connectivity index (χ2v) is 7.37. The van der Waals surface area contributed by atoms with E-state index >= 15 is 0 Å². The lowest BCUT2D eigenvalue weighted by molar-refractivity contribution is -0.143. The highest BCUT2D eigenvalue weighted by atomic mass is 16.5. The molecule has 0 amide bonds. The van der Waals surface area contributed by atoms with E-state index < -0.39 is 5.97 Å². The van der Waals surface area contributed by atoms with E-state index in [1.807, 2.05) is 50.5 Å². The van der Waals surface area contributed by atoms with E-state index in [4.69, 9.17) is 14.0 Å². The summed E-state index contributed by atoms with van der Waals surface area (Å²) in [4.78, 5) is 24.6. The largest absolute Gasteiger partial charge is 0.493 e. The van der Waals surface area contributed by atoms with E-state index in [9.17, 15) is 9.59 Å². The van der Waals surface area contributed by atoms with Crippen molar-refractivity contribution in [2.24, 2.45) is 0 Å². The summed E-state index contributed by atoms with van der Waals surface area (Å²) in [6.07, 6.45) is 0.0674. The summed E-state index contributed by atoms with van der Waals surface area (Å²) in [5, 5.41) is 4.00. The van der Waals surface area contributed by atoms with Crippen molar-refractivity contribution in [3.05, 3.63) is 64.2 Å². The van der Waals surface area contributed by atoms with E-state index in [1.165, 1.54) is 0 Å². The number of aryl methyl sites for hydroxylation is 4. The average molecular weight is 410 g/mol. The van der Waals surface area contributed by atoms with Gasteiger partial charge in [0.2, 0.25) is 5.78 Å². The Kier molecular flexibility index (Phi) is 6.40. The first kappa shape index (κ1) is 21.4. The Balaban J connectivity index is 1.54. The van der Waals surface area contributed by atoms with Crippen molar-refractivity contribution in [3.8, 4) is 11.6 Å². The van der Waals surface area contributed by atoms with Crippen LogP contribution in [-0.2, 0) is 9.53 Å². The number of aromatic nitrogens is 2. The number of hydrogen-bond acceptors (Lipinski definition) is 6. The van der Waals surface area contributed by atoms with Crippen molar-refractivity contribution in [2.45, 2.75) is 41.0 Å². The molecule has 0 saturated carbocycles. The van der Waals surface area contributed by atoms with Crippen molar-refractivity contribution in [3.63, 3.8) is 0 Å². The summed E-state index contributed by atoms with van der Waals surface area (Å²) < 4.78 is 17.8. The second kappa shape index (κ2) is 8.98. The van der Waals surface area contributed by atoms with E-state index in [0.29, 0.717) is 17.1 Å². The van der Waals surface area contributed by atoms with Gasteiger partial charge in [-0.2, -0.15) is 0 Å². The summed E-state index contributed by atoms with van der Waals surface area (Å²) in [5.74, 6) is 1.30. The van der Waals surface area contributed by atoms with Gasteiger partial charge in [0.25, 0.3) is 0 Å². The minimum atomic E-state index is -0.477. The zero-order valence-corrected chi connectivity index (χ0v) is 17.9. The summed E-state index contributed by atoms with van der Waals surface area (Å²) in [7, 11) is 0. The number of ether oxygens (including phenoxy) is 2. The van der Waals surface area contributed by atoms with Crippen LogP contribution in [0.2, 0.25) is 0 Å². The highest BCUT2D eigenvalue weighted by Crippen LogP contribution is 2.21. The standard InChI is InChI=1S/C23H26N2O5/c1-14-6-7-15(2)21(10-14)28-9-8-23(27)29-13-20(26)19-11-16(3)25(18(19)5)22-12-17(4)30-24-22/h6-7,10-12H,8-9,13H2,1-5H3. The third-order valence-corrected chi connectivity index (χ3v) is 4.85. The number of Topliss-reactive ketones (excluding diaryl/α,β-unsaturated/α-hetero) is 1. The van der Waals surface area contributed by atoms with E-state index in [0.717, 1.165) is 28.3 Å². The van der Waals surface area contributed by atoms with Gasteiger partial charge in [0.1, 0.15) is 11.5 Å². The zero-order chi connectivity index (χ0) is 21.8. The number of rotatable bonds is 8. The third-order valence-electron chi connectivity index (χ3n) is 4.85. The van der Waals surface area contributed by atoms with Crippen molar-refractivity contribution < 1.29 is 23.6 Å². The smallest absolute Gasteiger partial charge is 0.309 e. The fourth-order valence-corrected chi connectivity index (χ4v) is 3.26. The third kappa shape index (κ3) is 4.79. The number of esters is 1. The average Bonchev–Trinajstić information content (AvgIpc) is 3.24. The van der Waals surface area contributed by atoms with Crippen molar-refractivity contribution in [2.75, 3.05) is 13.2 Å². The number of carbonyl (C=O) groups excluding carboxylic acids is 2. The quantitative estimate of drug-likeness (QED) is 0.409. The van der Waals surface area contributed by atoms with Crippen LogP contribution in [0.3, 0.4) is 0 Å². The molecule has 0 aliphatic heterocycles. The van der Waals surface area contributed by atoms with Crippen LogP contribution in [0.5, 0.6) is 5.75 Å². The van der Waals surface area contributed by atoms with Crippen LogP contribution in [-0.4, -0.2) is 34.7 Å². The lowest BCUT2D eigenvalue weighted by atomic mass is 10.1. The predicted molar refractivity (Wildman–Crippen MR) is 111 cm³/mol. The Morgan fingerprint density at radius 1 is 1.07 bits per heavy atom. The van der Waals surface area contributed by atoms with Gasteiger partial charge < -0.3 is 14.0 Å². The number of ketones is 1. The van der Waals surface area contributed by atoms with Crippen LogP contribution in [0.15, 0.2) is 34.9 Å².